The van der Waals surface area contributed by atoms with Gasteiger partial charge in [-0.05, 0) is 23.6 Å². The van der Waals surface area contributed by atoms with Gasteiger partial charge in [-0.15, -0.1) is 11.3 Å². The number of hydrogen-bond donors (Lipinski definition) is 1. The topological polar surface area (TPSA) is 76.5 Å². The number of hydrogen-bond acceptors (Lipinski definition) is 5. The SMILES string of the molecule is O=C(OC(C(=O)O)c1cccs1)c1ccncc1. The van der Waals surface area contributed by atoms with Gasteiger partial charge in [0.25, 0.3) is 0 Å². The summed E-state index contributed by atoms with van der Waals surface area (Å²) >= 11 is 1.23. The minimum Gasteiger partial charge on any atom is -0.478 e. The van der Waals surface area contributed by atoms with E-state index in [4.69, 9.17) is 9.84 Å². The van der Waals surface area contributed by atoms with Gasteiger partial charge in [0.1, 0.15) is 0 Å². The molecule has 2 aromatic rings. The fraction of sp³-hybridized carbons (Fsp3) is 0.0833. The van der Waals surface area contributed by atoms with Crippen molar-refractivity contribution in [1.82, 2.24) is 4.98 Å². The Bertz CT molecular complexity index is 538. The van der Waals surface area contributed by atoms with Crippen LogP contribution in [0.15, 0.2) is 42.0 Å². The van der Waals surface area contributed by atoms with Crippen LogP contribution >= 0.6 is 11.3 Å². The molecule has 0 bridgehead atoms. The first-order valence-electron chi connectivity index (χ1n) is 5.05. The molecule has 0 saturated heterocycles. The monoisotopic (exact) mass is 263 g/mol. The second-order valence-electron chi connectivity index (χ2n) is 3.37. The number of aliphatic carboxylic acids is 1. The number of ether oxygens (including phenoxy) is 1. The van der Waals surface area contributed by atoms with E-state index < -0.39 is 18.0 Å². The Labute approximate surface area is 107 Å². The normalized spacial score (nSPS) is 11.8. The van der Waals surface area contributed by atoms with Gasteiger partial charge in [0.2, 0.25) is 6.10 Å². The standard InChI is InChI=1S/C12H9NO4S/c14-11(15)10(9-2-1-7-18-9)17-12(16)8-3-5-13-6-4-8/h1-7,10H,(H,14,15). The van der Waals surface area contributed by atoms with Crippen LogP contribution in [0.5, 0.6) is 0 Å². The Hall–Kier alpha value is -2.21. The summed E-state index contributed by atoms with van der Waals surface area (Å²) in [6.45, 7) is 0. The third kappa shape index (κ3) is 2.72. The molecule has 0 aliphatic heterocycles. The number of carbonyl (C=O) groups is 2. The molecule has 0 aliphatic rings. The number of rotatable bonds is 4. The van der Waals surface area contributed by atoms with Crippen molar-refractivity contribution in [3.63, 3.8) is 0 Å². The van der Waals surface area contributed by atoms with Gasteiger partial charge < -0.3 is 9.84 Å². The Morgan fingerprint density at radius 3 is 2.56 bits per heavy atom. The van der Waals surface area contributed by atoms with Gasteiger partial charge in [0.05, 0.1) is 10.4 Å². The minimum atomic E-state index is -1.27. The third-order valence-electron chi connectivity index (χ3n) is 2.17. The van der Waals surface area contributed by atoms with Crippen molar-refractivity contribution in [3.8, 4) is 0 Å². The van der Waals surface area contributed by atoms with Crippen LogP contribution in [0, 0.1) is 0 Å². The largest absolute Gasteiger partial charge is 0.478 e. The molecule has 0 amide bonds. The summed E-state index contributed by atoms with van der Waals surface area (Å²) in [5, 5.41) is 10.8. The predicted molar refractivity (Wildman–Crippen MR) is 64.3 cm³/mol. The highest BCUT2D eigenvalue weighted by Crippen LogP contribution is 2.23. The minimum absolute atomic E-state index is 0.271. The van der Waals surface area contributed by atoms with Gasteiger partial charge in [-0.2, -0.15) is 0 Å². The Balaban J connectivity index is 2.16. The lowest BCUT2D eigenvalue weighted by Crippen LogP contribution is -2.18. The zero-order valence-corrected chi connectivity index (χ0v) is 9.96. The maximum absolute atomic E-state index is 11.7. The number of nitrogens with zero attached hydrogens (tertiary/aromatic N) is 1. The second-order valence-corrected chi connectivity index (χ2v) is 4.35. The van der Waals surface area contributed by atoms with Crippen LogP contribution in [-0.2, 0) is 9.53 Å². The van der Waals surface area contributed by atoms with Crippen LogP contribution < -0.4 is 0 Å². The molecule has 18 heavy (non-hydrogen) atoms. The van der Waals surface area contributed by atoms with E-state index >= 15 is 0 Å². The van der Waals surface area contributed by atoms with Crippen LogP contribution in [0.3, 0.4) is 0 Å². The van der Waals surface area contributed by atoms with Gasteiger partial charge in [0.15, 0.2) is 0 Å². The summed E-state index contributed by atoms with van der Waals surface area (Å²) in [7, 11) is 0. The Morgan fingerprint density at radius 1 is 1.28 bits per heavy atom. The molecule has 0 fully saturated rings. The molecule has 1 unspecified atom stereocenters. The van der Waals surface area contributed by atoms with Crippen molar-refractivity contribution in [2.75, 3.05) is 0 Å². The van der Waals surface area contributed by atoms with Crippen molar-refractivity contribution in [2.45, 2.75) is 6.10 Å². The number of carboxylic acid groups (broad SMARTS) is 1. The molecule has 0 spiro atoms. The van der Waals surface area contributed by atoms with E-state index in [0.717, 1.165) is 0 Å². The first kappa shape index (κ1) is 12.3. The number of carboxylic acids is 1. The third-order valence-corrected chi connectivity index (χ3v) is 3.08. The molecule has 1 atom stereocenters. The molecule has 2 heterocycles. The first-order valence-corrected chi connectivity index (χ1v) is 5.93. The highest BCUT2D eigenvalue weighted by Gasteiger charge is 2.25. The van der Waals surface area contributed by atoms with Crippen LogP contribution in [0.25, 0.3) is 0 Å². The maximum Gasteiger partial charge on any atom is 0.350 e. The van der Waals surface area contributed by atoms with E-state index in [1.165, 1.54) is 35.9 Å². The van der Waals surface area contributed by atoms with Gasteiger partial charge >= 0.3 is 11.9 Å². The van der Waals surface area contributed by atoms with Crippen LogP contribution in [0.2, 0.25) is 0 Å². The van der Waals surface area contributed by atoms with Gasteiger partial charge in [-0.1, -0.05) is 6.07 Å². The zero-order valence-electron chi connectivity index (χ0n) is 9.15. The number of thiophene rings is 1. The highest BCUT2D eigenvalue weighted by atomic mass is 32.1. The number of aromatic nitrogens is 1. The van der Waals surface area contributed by atoms with Gasteiger partial charge in [0, 0.05) is 12.4 Å². The molecule has 2 aromatic heterocycles. The molecule has 92 valence electrons. The summed E-state index contributed by atoms with van der Waals surface area (Å²) in [6, 6.07) is 6.25. The van der Waals surface area contributed by atoms with Crippen molar-refractivity contribution in [1.29, 1.82) is 0 Å². The summed E-state index contributed by atoms with van der Waals surface area (Å²) in [4.78, 5) is 27.1. The van der Waals surface area contributed by atoms with Crippen LogP contribution in [0.4, 0.5) is 0 Å². The second kappa shape index (κ2) is 5.42. The predicted octanol–water partition coefficient (Wildman–Crippen LogP) is 2.13. The molecule has 1 N–H and O–H groups in total. The van der Waals surface area contributed by atoms with Gasteiger partial charge in [-0.3, -0.25) is 4.98 Å². The fourth-order valence-electron chi connectivity index (χ4n) is 1.33. The molecule has 0 aliphatic carbocycles. The molecular formula is C12H9NO4S. The molecule has 0 aromatic carbocycles. The molecule has 5 nitrogen and oxygen atoms in total. The van der Waals surface area contributed by atoms with E-state index in [1.807, 2.05) is 0 Å². The van der Waals surface area contributed by atoms with Crippen LogP contribution in [0.1, 0.15) is 21.3 Å². The quantitative estimate of drug-likeness (QED) is 0.855. The van der Waals surface area contributed by atoms with Crippen molar-refractivity contribution in [2.24, 2.45) is 0 Å². The molecule has 2 rings (SSSR count). The summed E-state index contributed by atoms with van der Waals surface area (Å²) in [6.07, 6.45) is 1.61. The fourth-order valence-corrected chi connectivity index (χ4v) is 2.08. The maximum atomic E-state index is 11.7. The van der Waals surface area contributed by atoms with Crippen LogP contribution in [-0.4, -0.2) is 22.0 Å². The average Bonchev–Trinajstić information content (AvgIpc) is 2.90. The molecule has 0 saturated carbocycles. The van der Waals surface area contributed by atoms with E-state index in [-0.39, 0.29) is 5.56 Å². The van der Waals surface area contributed by atoms with Crippen molar-refractivity contribution in [3.05, 3.63) is 52.5 Å². The lowest BCUT2D eigenvalue weighted by Gasteiger charge is -2.11. The van der Waals surface area contributed by atoms with Crippen molar-refractivity contribution >= 4 is 23.3 Å². The molecule has 0 radical (unpaired) electrons. The molecular weight excluding hydrogens is 254 g/mol. The first-order chi connectivity index (χ1) is 8.68. The Morgan fingerprint density at radius 2 is 2.00 bits per heavy atom. The van der Waals surface area contributed by atoms with E-state index in [0.29, 0.717) is 4.88 Å². The average molecular weight is 263 g/mol. The highest BCUT2D eigenvalue weighted by molar-refractivity contribution is 7.10. The van der Waals surface area contributed by atoms with Crippen molar-refractivity contribution < 1.29 is 19.4 Å². The number of carbonyl (C=O) groups excluding carboxylic acids is 1. The van der Waals surface area contributed by atoms with E-state index in [2.05, 4.69) is 4.98 Å². The summed E-state index contributed by atoms with van der Waals surface area (Å²) in [5.41, 5.74) is 0.271. The lowest BCUT2D eigenvalue weighted by atomic mass is 10.2. The lowest BCUT2D eigenvalue weighted by molar-refractivity contribution is -0.147. The Kier molecular flexibility index (Phi) is 3.69. The summed E-state index contributed by atoms with van der Waals surface area (Å²) < 4.78 is 4.99. The zero-order chi connectivity index (χ0) is 13.0. The van der Waals surface area contributed by atoms with E-state index in [9.17, 15) is 9.59 Å². The number of pyridine rings is 1. The number of esters is 1. The molecule has 6 heteroatoms. The summed E-state index contributed by atoms with van der Waals surface area (Å²) in [5.74, 6) is -1.88. The smallest absolute Gasteiger partial charge is 0.350 e. The van der Waals surface area contributed by atoms with Gasteiger partial charge in [-0.25, -0.2) is 9.59 Å². The van der Waals surface area contributed by atoms with E-state index in [1.54, 1.807) is 17.5 Å².